The highest BCUT2D eigenvalue weighted by Crippen LogP contribution is 1.95. The minimum Gasteiger partial charge on any atom is -0.118 e. The molecule has 0 fully saturated rings. The van der Waals surface area contributed by atoms with E-state index in [-0.39, 0.29) is 0 Å². The molecule has 0 bridgehead atoms. The second-order valence-electron chi connectivity index (χ2n) is 5.75. The highest BCUT2D eigenvalue weighted by molar-refractivity contribution is 6.84. The van der Waals surface area contributed by atoms with Crippen molar-refractivity contribution in [3.05, 3.63) is 0 Å². The molecule has 0 spiro atoms. The van der Waals surface area contributed by atoms with E-state index in [0.29, 0.717) is 0 Å². The zero-order chi connectivity index (χ0) is 14.1. The maximum absolute atomic E-state index is 3.14. The van der Waals surface area contributed by atoms with Gasteiger partial charge in [-0.25, -0.2) is 0 Å². The van der Waals surface area contributed by atoms with Crippen LogP contribution in [0.4, 0.5) is 0 Å². The molecule has 0 aliphatic heterocycles. The van der Waals surface area contributed by atoms with E-state index in [9.17, 15) is 0 Å². The van der Waals surface area contributed by atoms with Gasteiger partial charge >= 0.3 is 0 Å². The third-order valence-electron chi connectivity index (χ3n) is 1.31. The fourth-order valence-corrected chi connectivity index (χ4v) is 1.50. The molecule has 0 saturated carbocycles. The van der Waals surface area contributed by atoms with Crippen molar-refractivity contribution >= 4 is 16.1 Å². The van der Waals surface area contributed by atoms with Crippen molar-refractivity contribution in [1.82, 2.24) is 0 Å². The van der Waals surface area contributed by atoms with Gasteiger partial charge in [0.15, 0.2) is 0 Å². The Morgan fingerprint density at radius 1 is 0.389 bits per heavy atom. The van der Waals surface area contributed by atoms with Crippen molar-refractivity contribution < 1.29 is 0 Å². The summed E-state index contributed by atoms with van der Waals surface area (Å²) in [5.74, 6) is 21.7. The van der Waals surface area contributed by atoms with E-state index in [0.717, 1.165) is 0 Å². The summed E-state index contributed by atoms with van der Waals surface area (Å²) in [5.41, 5.74) is 6.29. The molecule has 0 aromatic carbocycles. The van der Waals surface area contributed by atoms with Crippen LogP contribution in [0.5, 0.6) is 0 Å². The van der Waals surface area contributed by atoms with Gasteiger partial charge in [0.25, 0.3) is 0 Å². The molecule has 0 unspecified atom stereocenters. The Hall–Kier alpha value is -1.77. The van der Waals surface area contributed by atoms with Crippen molar-refractivity contribution in [3.8, 4) is 58.5 Å². The molecule has 0 nitrogen and oxygen atoms in total. The molecule has 90 valence electrons. The first kappa shape index (κ1) is 16.2. The first-order chi connectivity index (χ1) is 8.21. The molecule has 0 aromatic rings. The van der Waals surface area contributed by atoms with Gasteiger partial charge in [0.1, 0.15) is 16.1 Å². The lowest BCUT2D eigenvalue weighted by atomic mass is 10.5. The molecule has 0 atom stereocenters. The summed E-state index contributed by atoms with van der Waals surface area (Å²) in [6.45, 7) is 13.1. The molecule has 0 amide bonds. The first-order valence-corrected chi connectivity index (χ1v) is 12.8. The van der Waals surface area contributed by atoms with Crippen LogP contribution in [-0.4, -0.2) is 16.1 Å². The van der Waals surface area contributed by atoms with Gasteiger partial charge in [-0.1, -0.05) is 39.3 Å². The smallest absolute Gasteiger partial charge is 0.118 e. The molecule has 2 heteroatoms. The predicted octanol–water partition coefficient (Wildman–Crippen LogP) is 2.76. The summed E-state index contributed by atoms with van der Waals surface area (Å²) < 4.78 is 0. The van der Waals surface area contributed by atoms with Crippen molar-refractivity contribution in [2.45, 2.75) is 39.3 Å². The summed E-state index contributed by atoms with van der Waals surface area (Å²) in [5, 5.41) is 0. The Bertz CT molecular complexity index is 530. The SMILES string of the molecule is C[Si](C)(C)C#CC#CC#CC#CC#C[Si](C)(C)C. The summed E-state index contributed by atoms with van der Waals surface area (Å²) in [4.78, 5) is 0. The fraction of sp³-hybridized carbons (Fsp3) is 0.375. The van der Waals surface area contributed by atoms with Crippen LogP contribution in [0.1, 0.15) is 0 Å². The van der Waals surface area contributed by atoms with Crippen LogP contribution in [0.25, 0.3) is 0 Å². The van der Waals surface area contributed by atoms with E-state index in [1.165, 1.54) is 0 Å². The quantitative estimate of drug-likeness (QED) is 0.467. The lowest BCUT2D eigenvalue weighted by Crippen LogP contribution is -2.16. The van der Waals surface area contributed by atoms with Crippen LogP contribution in [0.2, 0.25) is 39.3 Å². The molecule has 0 aliphatic rings. The van der Waals surface area contributed by atoms with Gasteiger partial charge in [0.2, 0.25) is 0 Å². The number of hydrogen-bond donors (Lipinski definition) is 0. The van der Waals surface area contributed by atoms with E-state index >= 15 is 0 Å². The molecule has 0 saturated heterocycles. The van der Waals surface area contributed by atoms with Crippen LogP contribution in [0.15, 0.2) is 0 Å². The maximum atomic E-state index is 3.14. The average molecular weight is 266 g/mol. The molecule has 0 radical (unpaired) electrons. The van der Waals surface area contributed by atoms with Crippen LogP contribution < -0.4 is 0 Å². The standard InChI is InChI=1S/C16H18Si2/c1-17(2,3)15-13-11-9-7-8-10-12-14-16-18(4,5)6/h1-6H3. The largest absolute Gasteiger partial charge is 0.130 e. The van der Waals surface area contributed by atoms with E-state index < -0.39 is 16.1 Å². The summed E-state index contributed by atoms with van der Waals surface area (Å²) in [6.07, 6.45) is 0. The van der Waals surface area contributed by atoms with Crippen molar-refractivity contribution in [2.24, 2.45) is 0 Å². The van der Waals surface area contributed by atoms with Gasteiger partial charge < -0.3 is 0 Å². The van der Waals surface area contributed by atoms with Gasteiger partial charge in [-0.05, 0) is 47.4 Å². The number of rotatable bonds is 0. The molecule has 0 heterocycles. The zero-order valence-corrected chi connectivity index (χ0v) is 14.0. The lowest BCUT2D eigenvalue weighted by Gasteiger charge is -2.01. The maximum Gasteiger partial charge on any atom is 0.130 e. The second-order valence-corrected chi connectivity index (χ2v) is 15.2. The Morgan fingerprint density at radius 3 is 0.833 bits per heavy atom. The first-order valence-electron chi connectivity index (χ1n) is 5.75. The van der Waals surface area contributed by atoms with E-state index in [1.54, 1.807) is 0 Å². The van der Waals surface area contributed by atoms with Gasteiger partial charge in [-0.3, -0.25) is 0 Å². The fourth-order valence-electron chi connectivity index (χ4n) is 0.625. The van der Waals surface area contributed by atoms with Crippen molar-refractivity contribution in [2.75, 3.05) is 0 Å². The molecule has 0 N–H and O–H groups in total. The van der Waals surface area contributed by atoms with Gasteiger partial charge in [-0.2, -0.15) is 0 Å². The van der Waals surface area contributed by atoms with Gasteiger partial charge in [0.05, 0.1) is 0 Å². The Labute approximate surface area is 114 Å². The summed E-state index contributed by atoms with van der Waals surface area (Å²) in [7, 11) is -2.63. The Morgan fingerprint density at radius 2 is 0.611 bits per heavy atom. The van der Waals surface area contributed by atoms with E-state index in [2.05, 4.69) is 97.7 Å². The Balaban J connectivity index is 4.39. The minimum absolute atomic E-state index is 1.32. The highest BCUT2D eigenvalue weighted by Gasteiger charge is 2.07. The lowest BCUT2D eigenvalue weighted by molar-refractivity contribution is 1.81. The molecular weight excluding hydrogens is 248 g/mol. The molecule has 0 aliphatic carbocycles. The van der Waals surface area contributed by atoms with Crippen LogP contribution >= 0.6 is 0 Å². The average Bonchev–Trinajstić information content (AvgIpc) is 2.17. The van der Waals surface area contributed by atoms with E-state index in [4.69, 9.17) is 0 Å². The third kappa shape index (κ3) is 14.2. The third-order valence-corrected chi connectivity index (χ3v) is 3.06. The predicted molar refractivity (Wildman–Crippen MR) is 85.6 cm³/mol. The summed E-state index contributed by atoms with van der Waals surface area (Å²) >= 11 is 0. The van der Waals surface area contributed by atoms with Gasteiger partial charge in [-0.15, -0.1) is 11.1 Å². The van der Waals surface area contributed by atoms with Crippen molar-refractivity contribution in [3.63, 3.8) is 0 Å². The topological polar surface area (TPSA) is 0 Å². The zero-order valence-electron chi connectivity index (χ0n) is 12.0. The van der Waals surface area contributed by atoms with Gasteiger partial charge in [0, 0.05) is 0 Å². The second kappa shape index (κ2) is 7.54. The minimum atomic E-state index is -1.32. The Kier molecular flexibility index (Phi) is 6.80. The van der Waals surface area contributed by atoms with Crippen LogP contribution in [-0.2, 0) is 0 Å². The molecule has 18 heavy (non-hydrogen) atoms. The van der Waals surface area contributed by atoms with E-state index in [1.807, 2.05) is 0 Å². The van der Waals surface area contributed by atoms with Crippen LogP contribution in [0, 0.1) is 58.5 Å². The molecule has 0 aromatic heterocycles. The molecular formula is C16H18Si2. The highest BCUT2D eigenvalue weighted by atomic mass is 28.3. The van der Waals surface area contributed by atoms with Crippen LogP contribution in [0.3, 0.4) is 0 Å². The van der Waals surface area contributed by atoms with Crippen molar-refractivity contribution in [1.29, 1.82) is 0 Å². The normalized spacial score (nSPS) is 8.56. The molecule has 0 rings (SSSR count). The summed E-state index contributed by atoms with van der Waals surface area (Å²) in [6, 6.07) is 0. The monoisotopic (exact) mass is 266 g/mol. The number of hydrogen-bond acceptors (Lipinski definition) is 0.